The van der Waals surface area contributed by atoms with Gasteiger partial charge in [0.1, 0.15) is 0 Å². The zero-order chi connectivity index (χ0) is 18.0. The van der Waals surface area contributed by atoms with Gasteiger partial charge in [0, 0.05) is 16.8 Å². The van der Waals surface area contributed by atoms with E-state index in [1.54, 1.807) is 13.1 Å². The average molecular weight is 360 g/mol. The molecule has 0 spiro atoms. The number of hydrogen-bond acceptors (Lipinski definition) is 7. The predicted molar refractivity (Wildman–Crippen MR) is 95.5 cm³/mol. The summed E-state index contributed by atoms with van der Waals surface area (Å²) in [6, 6.07) is 4.11. The Morgan fingerprint density at radius 3 is 2.48 bits per heavy atom. The summed E-state index contributed by atoms with van der Waals surface area (Å²) in [5.41, 5.74) is 2.01. The van der Waals surface area contributed by atoms with Crippen molar-refractivity contribution in [2.45, 2.75) is 31.7 Å². The smallest absolute Gasteiger partial charge is 0.336 e. The summed E-state index contributed by atoms with van der Waals surface area (Å²) >= 11 is 1.48. The maximum atomic E-state index is 12.6. The number of ether oxygens (including phenoxy) is 2. The lowest BCUT2D eigenvalue weighted by Gasteiger charge is -2.29. The predicted octanol–water partition coefficient (Wildman–Crippen LogP) is 2.54. The van der Waals surface area contributed by atoms with Crippen LogP contribution in [0.3, 0.4) is 0 Å². The van der Waals surface area contributed by atoms with Crippen LogP contribution in [-0.4, -0.2) is 38.4 Å². The zero-order valence-corrected chi connectivity index (χ0v) is 15.2. The van der Waals surface area contributed by atoms with Crippen molar-refractivity contribution < 1.29 is 19.1 Å². The Hall–Kier alpha value is -2.41. The molecule has 6 nitrogen and oxygen atoms in total. The van der Waals surface area contributed by atoms with Gasteiger partial charge in [-0.3, -0.25) is 4.99 Å². The number of esters is 2. The minimum Gasteiger partial charge on any atom is -0.466 e. The highest BCUT2D eigenvalue weighted by molar-refractivity contribution is 7.10. The fraction of sp³-hybridized carbons (Fsp3) is 0.389. The van der Waals surface area contributed by atoms with Crippen LogP contribution in [0, 0.1) is 0 Å². The van der Waals surface area contributed by atoms with E-state index in [1.807, 2.05) is 17.5 Å². The second kappa shape index (κ2) is 7.23. The molecular formula is C18H20N2O4S. The molecular weight excluding hydrogens is 340 g/mol. The Labute approximate surface area is 150 Å². The first-order valence-electron chi connectivity index (χ1n) is 8.02. The molecule has 1 aliphatic heterocycles. The van der Waals surface area contributed by atoms with Crippen molar-refractivity contribution in [1.29, 1.82) is 0 Å². The molecule has 0 amide bonds. The Bertz CT molecular complexity index is 773. The number of carbonyl (C=O) groups is 2. The molecule has 1 fully saturated rings. The van der Waals surface area contributed by atoms with Gasteiger partial charge in [0.2, 0.25) is 0 Å². The van der Waals surface area contributed by atoms with E-state index in [0.29, 0.717) is 28.6 Å². The van der Waals surface area contributed by atoms with Gasteiger partial charge in [-0.2, -0.15) is 0 Å². The summed E-state index contributed by atoms with van der Waals surface area (Å²) in [5.74, 6) is -1.50. The first-order chi connectivity index (χ1) is 12.1. The molecule has 2 heterocycles. The van der Waals surface area contributed by atoms with E-state index in [-0.39, 0.29) is 0 Å². The molecule has 1 aromatic heterocycles. The maximum absolute atomic E-state index is 12.6. The summed E-state index contributed by atoms with van der Waals surface area (Å²) in [4.78, 5) is 30.3. The topological polar surface area (TPSA) is 77.0 Å². The Kier molecular flexibility index (Phi) is 5.03. The molecule has 0 aromatic carbocycles. The van der Waals surface area contributed by atoms with Gasteiger partial charge >= 0.3 is 11.9 Å². The normalized spacial score (nSPS) is 20.7. The van der Waals surface area contributed by atoms with E-state index >= 15 is 0 Å². The summed E-state index contributed by atoms with van der Waals surface area (Å²) in [5, 5.41) is 5.05. The van der Waals surface area contributed by atoms with Crippen LogP contribution in [0.25, 0.3) is 0 Å². The number of rotatable bonds is 5. The summed E-state index contributed by atoms with van der Waals surface area (Å²) < 4.78 is 9.95. The van der Waals surface area contributed by atoms with Gasteiger partial charge in [0.25, 0.3) is 0 Å². The highest BCUT2D eigenvalue weighted by Gasteiger charge is 2.39. The Morgan fingerprint density at radius 1 is 1.24 bits per heavy atom. The van der Waals surface area contributed by atoms with E-state index in [2.05, 4.69) is 10.3 Å². The van der Waals surface area contributed by atoms with Crippen LogP contribution in [-0.2, 0) is 19.1 Å². The molecule has 3 rings (SSSR count). The van der Waals surface area contributed by atoms with Crippen LogP contribution in [0.4, 0.5) is 0 Å². The molecule has 1 N–H and O–H groups in total. The Morgan fingerprint density at radius 2 is 1.92 bits per heavy atom. The lowest BCUT2D eigenvalue weighted by Crippen LogP contribution is -2.33. The van der Waals surface area contributed by atoms with Gasteiger partial charge in [-0.15, -0.1) is 11.3 Å². The quantitative estimate of drug-likeness (QED) is 0.645. The standard InChI is InChI=1S/C18H20N2O4S/c1-10-14(17(21)23-2)16(13-5-4-8-25-13)15(18(22)24-3)12(20-10)9-19-11-6-7-11/h4-5,8-9,11,16,20H,6-7H2,1-3H3. The van der Waals surface area contributed by atoms with Crippen LogP contribution < -0.4 is 5.32 Å². The lowest BCUT2D eigenvalue weighted by molar-refractivity contribution is -0.137. The maximum Gasteiger partial charge on any atom is 0.336 e. The molecule has 132 valence electrons. The van der Waals surface area contributed by atoms with Crippen LogP contribution >= 0.6 is 11.3 Å². The van der Waals surface area contributed by atoms with Gasteiger partial charge in [-0.25, -0.2) is 9.59 Å². The minimum absolute atomic E-state index is 0.319. The highest BCUT2D eigenvalue weighted by Crippen LogP contribution is 2.40. The number of aliphatic imine (C=N–C) groups is 1. The fourth-order valence-corrected chi connectivity index (χ4v) is 3.66. The third-order valence-corrected chi connectivity index (χ3v) is 5.13. The molecule has 2 aliphatic rings. The number of thiophene rings is 1. The molecule has 0 bridgehead atoms. The number of nitrogens with one attached hydrogen (secondary N) is 1. The van der Waals surface area contributed by atoms with Gasteiger partial charge in [0.05, 0.1) is 43.0 Å². The van der Waals surface area contributed by atoms with Crippen LogP contribution in [0.2, 0.25) is 0 Å². The lowest BCUT2D eigenvalue weighted by atomic mass is 9.84. The van der Waals surface area contributed by atoms with Crippen LogP contribution in [0.1, 0.15) is 30.6 Å². The van der Waals surface area contributed by atoms with Crippen molar-refractivity contribution in [1.82, 2.24) is 5.32 Å². The highest BCUT2D eigenvalue weighted by atomic mass is 32.1. The molecule has 1 aromatic rings. The molecule has 25 heavy (non-hydrogen) atoms. The number of hydrogen-bond donors (Lipinski definition) is 1. The first-order valence-corrected chi connectivity index (χ1v) is 8.90. The zero-order valence-electron chi connectivity index (χ0n) is 14.4. The second-order valence-corrected chi connectivity index (χ2v) is 6.91. The summed E-state index contributed by atoms with van der Waals surface area (Å²) in [7, 11) is 2.67. The average Bonchev–Trinajstić information content (AvgIpc) is 3.29. The molecule has 0 saturated heterocycles. The van der Waals surface area contributed by atoms with Gasteiger partial charge < -0.3 is 14.8 Å². The van der Waals surface area contributed by atoms with Crippen LogP contribution in [0.15, 0.2) is 45.0 Å². The number of allylic oxidation sites excluding steroid dienone is 2. The third kappa shape index (κ3) is 3.51. The summed E-state index contributed by atoms with van der Waals surface area (Å²) in [6.45, 7) is 1.80. The van der Waals surface area contributed by atoms with Crippen molar-refractivity contribution in [3.05, 3.63) is 44.9 Å². The molecule has 1 atom stereocenters. The van der Waals surface area contributed by atoms with E-state index < -0.39 is 17.9 Å². The monoisotopic (exact) mass is 360 g/mol. The number of dihydropyridines is 1. The van der Waals surface area contributed by atoms with Crippen molar-refractivity contribution >= 4 is 29.5 Å². The molecule has 1 aliphatic carbocycles. The van der Waals surface area contributed by atoms with Crippen molar-refractivity contribution in [3.63, 3.8) is 0 Å². The third-order valence-electron chi connectivity index (χ3n) is 4.19. The van der Waals surface area contributed by atoms with Gasteiger partial charge in [0.15, 0.2) is 0 Å². The van der Waals surface area contributed by atoms with Crippen molar-refractivity contribution in [2.75, 3.05) is 14.2 Å². The SMILES string of the molecule is COC(=O)C1=C(C)NC(C=NC2CC2)=C(C(=O)OC)C1c1cccs1. The molecule has 7 heteroatoms. The van der Waals surface area contributed by atoms with Crippen LogP contribution in [0.5, 0.6) is 0 Å². The van der Waals surface area contributed by atoms with E-state index in [9.17, 15) is 9.59 Å². The molecule has 1 unspecified atom stereocenters. The minimum atomic E-state index is -0.540. The molecule has 1 saturated carbocycles. The van der Waals surface area contributed by atoms with E-state index in [1.165, 1.54) is 25.6 Å². The summed E-state index contributed by atoms with van der Waals surface area (Å²) in [6.07, 6.45) is 3.81. The second-order valence-electron chi connectivity index (χ2n) is 5.93. The fourth-order valence-electron chi connectivity index (χ4n) is 2.82. The van der Waals surface area contributed by atoms with E-state index in [0.717, 1.165) is 17.7 Å². The number of methoxy groups -OCH3 is 2. The van der Waals surface area contributed by atoms with Gasteiger partial charge in [-0.1, -0.05) is 6.07 Å². The first kappa shape index (κ1) is 17.4. The molecule has 0 radical (unpaired) electrons. The number of carbonyl (C=O) groups excluding carboxylic acids is 2. The number of nitrogens with zero attached hydrogens (tertiary/aromatic N) is 1. The van der Waals surface area contributed by atoms with Crippen molar-refractivity contribution in [2.24, 2.45) is 4.99 Å². The Balaban J connectivity index is 2.14. The van der Waals surface area contributed by atoms with E-state index in [4.69, 9.17) is 9.47 Å². The van der Waals surface area contributed by atoms with Crippen molar-refractivity contribution in [3.8, 4) is 0 Å². The largest absolute Gasteiger partial charge is 0.466 e. The van der Waals surface area contributed by atoms with Gasteiger partial charge in [-0.05, 0) is 31.2 Å².